The van der Waals surface area contributed by atoms with Gasteiger partial charge in [0.15, 0.2) is 0 Å². The highest BCUT2D eigenvalue weighted by Crippen LogP contribution is 2.30. The van der Waals surface area contributed by atoms with Gasteiger partial charge < -0.3 is 10.2 Å². The van der Waals surface area contributed by atoms with E-state index in [0.717, 1.165) is 12.5 Å². The Morgan fingerprint density at radius 2 is 2.25 bits per heavy atom. The van der Waals surface area contributed by atoms with Crippen molar-refractivity contribution in [1.29, 1.82) is 5.26 Å². The Hall–Kier alpha value is -2.16. The zero-order valence-electron chi connectivity index (χ0n) is 11.0. The van der Waals surface area contributed by atoms with Crippen molar-refractivity contribution in [2.24, 2.45) is 0 Å². The maximum atomic E-state index is 13.9. The second kappa shape index (κ2) is 6.33. The maximum absolute atomic E-state index is 13.9. The number of halogens is 2. The van der Waals surface area contributed by atoms with E-state index >= 15 is 0 Å². The van der Waals surface area contributed by atoms with Gasteiger partial charge in [0.2, 0.25) is 5.91 Å². The molecule has 0 bridgehead atoms. The van der Waals surface area contributed by atoms with Gasteiger partial charge >= 0.3 is 0 Å². The Bertz CT molecular complexity index is 554. The topological polar surface area (TPSA) is 56.1 Å². The standard InChI is InChI=1S/C14H15F2N3O/c15-11-7-10-3-1-6-19(14(10)12(16)8-11)9-13(20)18-5-2-4-17/h7-8H,1-3,5-6,9H2,(H,18,20). The smallest absolute Gasteiger partial charge is 0.239 e. The van der Waals surface area contributed by atoms with Gasteiger partial charge in [-0.25, -0.2) is 8.78 Å². The summed E-state index contributed by atoms with van der Waals surface area (Å²) in [6.45, 7) is 0.851. The van der Waals surface area contributed by atoms with E-state index in [2.05, 4.69) is 5.32 Å². The normalized spacial score (nSPS) is 13.6. The number of nitrogens with one attached hydrogen (secondary N) is 1. The molecule has 1 aromatic carbocycles. The first-order chi connectivity index (χ1) is 9.61. The van der Waals surface area contributed by atoms with Gasteiger partial charge in [-0.2, -0.15) is 5.26 Å². The summed E-state index contributed by atoms with van der Waals surface area (Å²) in [5.41, 5.74) is 0.909. The SMILES string of the molecule is N#CCCNC(=O)CN1CCCc2cc(F)cc(F)c21. The number of amides is 1. The fraction of sp³-hybridized carbons (Fsp3) is 0.429. The molecular weight excluding hydrogens is 264 g/mol. The molecule has 1 N–H and O–H groups in total. The van der Waals surface area contributed by atoms with Gasteiger partial charge in [-0.05, 0) is 24.5 Å². The van der Waals surface area contributed by atoms with Crippen molar-refractivity contribution in [3.8, 4) is 6.07 Å². The van der Waals surface area contributed by atoms with Crippen LogP contribution < -0.4 is 10.2 Å². The van der Waals surface area contributed by atoms with Crippen molar-refractivity contribution in [1.82, 2.24) is 5.32 Å². The number of nitriles is 1. The Morgan fingerprint density at radius 3 is 3.00 bits per heavy atom. The van der Waals surface area contributed by atoms with Crippen molar-refractivity contribution < 1.29 is 13.6 Å². The molecule has 1 aliphatic heterocycles. The molecule has 6 heteroatoms. The van der Waals surface area contributed by atoms with Crippen molar-refractivity contribution in [3.05, 3.63) is 29.3 Å². The van der Waals surface area contributed by atoms with E-state index in [9.17, 15) is 13.6 Å². The van der Waals surface area contributed by atoms with Gasteiger partial charge in [-0.3, -0.25) is 4.79 Å². The van der Waals surface area contributed by atoms with Crippen molar-refractivity contribution in [2.45, 2.75) is 19.3 Å². The average Bonchev–Trinajstić information content (AvgIpc) is 2.38. The predicted octanol–water partition coefficient (Wildman–Crippen LogP) is 1.75. The van der Waals surface area contributed by atoms with Crippen LogP contribution in [0.1, 0.15) is 18.4 Å². The summed E-state index contributed by atoms with van der Waals surface area (Å²) >= 11 is 0. The molecule has 0 saturated carbocycles. The molecule has 0 saturated heterocycles. The summed E-state index contributed by atoms with van der Waals surface area (Å²) in [5, 5.41) is 11.0. The largest absolute Gasteiger partial charge is 0.360 e. The molecule has 0 spiro atoms. The number of carbonyl (C=O) groups is 1. The van der Waals surface area contributed by atoms with Gasteiger partial charge in [-0.1, -0.05) is 0 Å². The molecule has 0 unspecified atom stereocenters. The molecule has 20 heavy (non-hydrogen) atoms. The Balaban J connectivity index is 2.09. The van der Waals surface area contributed by atoms with Crippen LogP contribution in [0.3, 0.4) is 0 Å². The first-order valence-corrected chi connectivity index (χ1v) is 6.48. The first kappa shape index (κ1) is 14.3. The average molecular weight is 279 g/mol. The summed E-state index contributed by atoms with van der Waals surface area (Å²) in [4.78, 5) is 13.3. The molecule has 0 fully saturated rings. The molecule has 106 valence electrons. The fourth-order valence-electron chi connectivity index (χ4n) is 2.38. The lowest BCUT2D eigenvalue weighted by Crippen LogP contribution is -2.40. The van der Waals surface area contributed by atoms with Crippen LogP contribution in [0.5, 0.6) is 0 Å². The number of anilines is 1. The van der Waals surface area contributed by atoms with Crippen LogP contribution in [0.25, 0.3) is 0 Å². The highest BCUT2D eigenvalue weighted by atomic mass is 19.1. The minimum Gasteiger partial charge on any atom is -0.360 e. The van der Waals surface area contributed by atoms with Crippen LogP contribution in [0, 0.1) is 23.0 Å². The van der Waals surface area contributed by atoms with E-state index in [0.29, 0.717) is 24.2 Å². The number of fused-ring (bicyclic) bond motifs is 1. The second-order valence-corrected chi connectivity index (χ2v) is 4.68. The summed E-state index contributed by atoms with van der Waals surface area (Å²) in [6, 6.07) is 4.08. The number of hydrogen-bond acceptors (Lipinski definition) is 3. The number of benzene rings is 1. The van der Waals surface area contributed by atoms with Crippen LogP contribution in [0.4, 0.5) is 14.5 Å². The molecule has 1 heterocycles. The fourth-order valence-corrected chi connectivity index (χ4v) is 2.38. The van der Waals surface area contributed by atoms with Crippen LogP contribution >= 0.6 is 0 Å². The molecule has 1 aliphatic rings. The van der Waals surface area contributed by atoms with Crippen molar-refractivity contribution in [3.63, 3.8) is 0 Å². The minimum absolute atomic E-state index is 0.0149. The Labute approximate surface area is 116 Å². The number of carbonyl (C=O) groups excluding carboxylic acids is 1. The highest BCUT2D eigenvalue weighted by molar-refractivity contribution is 5.82. The lowest BCUT2D eigenvalue weighted by Gasteiger charge is -2.31. The minimum atomic E-state index is -0.635. The zero-order chi connectivity index (χ0) is 14.5. The summed E-state index contributed by atoms with van der Waals surface area (Å²) in [6.07, 6.45) is 1.60. The number of aryl methyl sites for hydroxylation is 1. The van der Waals surface area contributed by atoms with Gasteiger partial charge in [-0.15, -0.1) is 0 Å². The highest BCUT2D eigenvalue weighted by Gasteiger charge is 2.23. The van der Waals surface area contributed by atoms with E-state index < -0.39 is 11.6 Å². The predicted molar refractivity (Wildman–Crippen MR) is 70.1 cm³/mol. The zero-order valence-corrected chi connectivity index (χ0v) is 11.0. The van der Waals surface area contributed by atoms with Crippen LogP contribution in [-0.4, -0.2) is 25.5 Å². The lowest BCUT2D eigenvalue weighted by atomic mass is 10.0. The third-order valence-electron chi connectivity index (χ3n) is 3.19. The molecular formula is C14H15F2N3O. The van der Waals surface area contributed by atoms with Crippen LogP contribution in [0.15, 0.2) is 12.1 Å². The van der Waals surface area contributed by atoms with Crippen molar-refractivity contribution in [2.75, 3.05) is 24.5 Å². The van der Waals surface area contributed by atoms with E-state index in [1.54, 1.807) is 4.90 Å². The number of hydrogen-bond donors (Lipinski definition) is 1. The third-order valence-corrected chi connectivity index (χ3v) is 3.19. The quantitative estimate of drug-likeness (QED) is 0.854. The van der Waals surface area contributed by atoms with Gasteiger partial charge in [0, 0.05) is 19.2 Å². The van der Waals surface area contributed by atoms with Gasteiger partial charge in [0.1, 0.15) is 11.6 Å². The maximum Gasteiger partial charge on any atom is 0.239 e. The summed E-state index contributed by atoms with van der Waals surface area (Å²) in [7, 11) is 0. The van der Waals surface area contributed by atoms with Gasteiger partial charge in [0.05, 0.1) is 24.7 Å². The number of rotatable bonds is 4. The first-order valence-electron chi connectivity index (χ1n) is 6.48. The number of nitrogens with zero attached hydrogens (tertiary/aromatic N) is 2. The van der Waals surface area contributed by atoms with Crippen LogP contribution in [-0.2, 0) is 11.2 Å². The molecule has 4 nitrogen and oxygen atoms in total. The molecule has 0 aliphatic carbocycles. The molecule has 0 radical (unpaired) electrons. The Kier molecular flexibility index (Phi) is 4.51. The van der Waals surface area contributed by atoms with Crippen LogP contribution in [0.2, 0.25) is 0 Å². The van der Waals surface area contributed by atoms with Crippen molar-refractivity contribution >= 4 is 11.6 Å². The molecule has 0 aromatic heterocycles. The summed E-state index contributed by atoms with van der Waals surface area (Å²) < 4.78 is 27.1. The molecule has 0 atom stereocenters. The third kappa shape index (κ3) is 3.23. The Morgan fingerprint density at radius 1 is 1.45 bits per heavy atom. The summed E-state index contributed by atoms with van der Waals surface area (Å²) in [5.74, 6) is -1.50. The van der Waals surface area contributed by atoms with Gasteiger partial charge in [0.25, 0.3) is 0 Å². The lowest BCUT2D eigenvalue weighted by molar-refractivity contribution is -0.119. The second-order valence-electron chi connectivity index (χ2n) is 4.68. The van der Waals surface area contributed by atoms with E-state index in [-0.39, 0.29) is 25.4 Å². The van der Waals surface area contributed by atoms with E-state index in [4.69, 9.17) is 5.26 Å². The molecule has 1 aromatic rings. The monoisotopic (exact) mass is 279 g/mol. The molecule has 2 rings (SSSR count). The van der Waals surface area contributed by atoms with E-state index in [1.807, 2.05) is 6.07 Å². The van der Waals surface area contributed by atoms with E-state index in [1.165, 1.54) is 6.07 Å². The molecule has 1 amide bonds.